The molecule has 8 atom stereocenters. The summed E-state index contributed by atoms with van der Waals surface area (Å²) in [7, 11) is 0. The maximum Gasteiger partial charge on any atom is 0.200 e. The van der Waals surface area contributed by atoms with Gasteiger partial charge >= 0.3 is 0 Å². The van der Waals surface area contributed by atoms with Crippen LogP contribution in [-0.4, -0.2) is 53.1 Å². The summed E-state index contributed by atoms with van der Waals surface area (Å²) in [4.78, 5) is 6.66. The van der Waals surface area contributed by atoms with E-state index in [0.29, 0.717) is 12.0 Å². The van der Waals surface area contributed by atoms with E-state index < -0.39 is 0 Å². The number of aliphatic hydroxyl groups excluding tert-OH is 1. The molecule has 0 radical (unpaired) electrons. The van der Waals surface area contributed by atoms with Gasteiger partial charge < -0.3 is 19.6 Å². The second-order valence-electron chi connectivity index (χ2n) is 10.1. The number of benzene rings is 1. The van der Waals surface area contributed by atoms with Gasteiger partial charge in [-0.05, 0) is 60.8 Å². The van der Waals surface area contributed by atoms with Gasteiger partial charge in [0.2, 0.25) is 0 Å². The lowest BCUT2D eigenvalue weighted by Crippen LogP contribution is -2.59. The monoisotopic (exact) mass is 410 g/mol. The Morgan fingerprint density at radius 3 is 3.00 bits per heavy atom. The highest BCUT2D eigenvalue weighted by molar-refractivity contribution is 5.86. The van der Waals surface area contributed by atoms with E-state index in [1.807, 2.05) is 0 Å². The second-order valence-corrected chi connectivity index (χ2v) is 10.1. The number of ether oxygens (including phenoxy) is 2. The molecule has 7 rings (SSSR count). The molecule has 0 amide bonds. The number of aliphatic hydroxyl groups is 1. The Kier molecular flexibility index (Phi) is 4.63. The fraction of sp³-hybridized carbons (Fsp3) is 0.680. The summed E-state index contributed by atoms with van der Waals surface area (Å²) in [6.07, 6.45) is 5.12. The van der Waals surface area contributed by atoms with Crippen LogP contribution in [-0.2, 0) is 11.2 Å². The lowest BCUT2D eigenvalue weighted by molar-refractivity contribution is -0.0849. The lowest BCUT2D eigenvalue weighted by atomic mass is 9.60. The van der Waals surface area contributed by atoms with Crippen LogP contribution in [0.25, 0.3) is 10.9 Å². The number of H-pyrrole nitrogens is 1. The fourth-order valence-electron chi connectivity index (χ4n) is 7.18. The first-order valence-electron chi connectivity index (χ1n) is 12.0. The standard InChI is InChI=1S/C25H34N2O3/c1-3-18-14(2)15-10-21-24-19(8-9-27(12-15)25(18)21)20-11-16(4-6-22(20)26-24)29-23-7-5-17(13-28)30-23/h4,6,11,14-15,17-18,21,23,25-26,28H,3,5,7-10,12-13H2,1-2H3. The Bertz CT molecular complexity index is 940. The van der Waals surface area contributed by atoms with Crippen LogP contribution in [0.5, 0.6) is 5.75 Å². The number of nitrogens with one attached hydrogen (secondary N) is 1. The Morgan fingerprint density at radius 2 is 2.20 bits per heavy atom. The third-order valence-electron chi connectivity index (χ3n) is 8.66. The zero-order valence-corrected chi connectivity index (χ0v) is 18.1. The van der Waals surface area contributed by atoms with Crippen molar-refractivity contribution in [2.45, 2.75) is 70.3 Å². The van der Waals surface area contributed by atoms with Gasteiger partial charge in [-0.1, -0.05) is 20.3 Å². The van der Waals surface area contributed by atoms with Crippen LogP contribution in [0.3, 0.4) is 0 Å². The van der Waals surface area contributed by atoms with Gasteiger partial charge in [0.1, 0.15) is 5.75 Å². The van der Waals surface area contributed by atoms with E-state index in [0.717, 1.165) is 42.8 Å². The van der Waals surface area contributed by atoms with Crippen molar-refractivity contribution in [1.29, 1.82) is 0 Å². The molecule has 1 aromatic heterocycles. The topological polar surface area (TPSA) is 57.7 Å². The Labute approximate surface area is 178 Å². The predicted molar refractivity (Wildman–Crippen MR) is 117 cm³/mol. The summed E-state index contributed by atoms with van der Waals surface area (Å²) in [5.74, 6) is 4.02. The van der Waals surface area contributed by atoms with Crippen molar-refractivity contribution in [2.75, 3.05) is 19.7 Å². The summed E-state index contributed by atoms with van der Waals surface area (Å²) in [6, 6.07) is 7.14. The maximum atomic E-state index is 9.31. The molecule has 162 valence electrons. The van der Waals surface area contributed by atoms with Gasteiger partial charge in [-0.2, -0.15) is 0 Å². The molecule has 4 fully saturated rings. The van der Waals surface area contributed by atoms with E-state index in [2.05, 4.69) is 41.9 Å². The highest BCUT2D eigenvalue weighted by Crippen LogP contribution is 2.53. The van der Waals surface area contributed by atoms with Gasteiger partial charge in [0.05, 0.1) is 12.7 Å². The third kappa shape index (κ3) is 2.85. The predicted octanol–water partition coefficient (Wildman–Crippen LogP) is 4.05. The van der Waals surface area contributed by atoms with Crippen LogP contribution in [0.1, 0.15) is 56.7 Å². The number of aromatic nitrogens is 1. The van der Waals surface area contributed by atoms with Crippen molar-refractivity contribution >= 4 is 10.9 Å². The molecule has 1 saturated carbocycles. The molecule has 5 aliphatic rings. The van der Waals surface area contributed by atoms with E-state index >= 15 is 0 Å². The van der Waals surface area contributed by atoms with Crippen molar-refractivity contribution in [3.8, 4) is 5.75 Å². The summed E-state index contributed by atoms with van der Waals surface area (Å²) >= 11 is 0. The zero-order valence-electron chi connectivity index (χ0n) is 18.1. The molecular weight excluding hydrogens is 376 g/mol. The largest absolute Gasteiger partial charge is 0.465 e. The van der Waals surface area contributed by atoms with Gasteiger partial charge in [0.15, 0.2) is 6.29 Å². The average Bonchev–Trinajstić information content (AvgIpc) is 3.34. The van der Waals surface area contributed by atoms with E-state index in [4.69, 9.17) is 9.47 Å². The molecular formula is C25H34N2O3. The second kappa shape index (κ2) is 7.25. The number of aromatic amines is 1. The van der Waals surface area contributed by atoms with Crippen LogP contribution < -0.4 is 4.74 Å². The van der Waals surface area contributed by atoms with E-state index in [-0.39, 0.29) is 19.0 Å². The van der Waals surface area contributed by atoms with Gasteiger partial charge in [0, 0.05) is 48.1 Å². The minimum Gasteiger partial charge on any atom is -0.465 e. The summed E-state index contributed by atoms with van der Waals surface area (Å²) in [5, 5.41) is 10.6. The summed E-state index contributed by atoms with van der Waals surface area (Å²) in [6.45, 7) is 7.43. The van der Waals surface area contributed by atoms with E-state index in [1.54, 1.807) is 0 Å². The number of fused-ring (bicyclic) bond motifs is 4. The number of nitrogens with zero attached hydrogens (tertiary/aromatic N) is 1. The lowest BCUT2D eigenvalue weighted by Gasteiger charge is -2.56. The first-order chi connectivity index (χ1) is 14.7. The molecule has 5 heterocycles. The van der Waals surface area contributed by atoms with Gasteiger partial charge in [-0.3, -0.25) is 4.90 Å². The van der Waals surface area contributed by atoms with Crippen LogP contribution in [0.4, 0.5) is 0 Å². The van der Waals surface area contributed by atoms with Crippen LogP contribution >= 0.6 is 0 Å². The molecule has 1 aliphatic carbocycles. The molecule has 0 spiro atoms. The first kappa shape index (κ1) is 19.1. The first-order valence-corrected chi connectivity index (χ1v) is 12.0. The van der Waals surface area contributed by atoms with Gasteiger partial charge in [0.25, 0.3) is 0 Å². The van der Waals surface area contributed by atoms with Crippen molar-refractivity contribution < 1.29 is 14.6 Å². The zero-order chi connectivity index (χ0) is 20.4. The molecule has 3 saturated heterocycles. The minimum atomic E-state index is -0.245. The van der Waals surface area contributed by atoms with Crippen molar-refractivity contribution in [2.24, 2.45) is 17.8 Å². The highest BCUT2D eigenvalue weighted by atomic mass is 16.7. The molecule has 2 N–H and O–H groups in total. The van der Waals surface area contributed by atoms with Gasteiger partial charge in [-0.25, -0.2) is 0 Å². The molecule has 1 aromatic carbocycles. The van der Waals surface area contributed by atoms with Crippen molar-refractivity contribution in [3.63, 3.8) is 0 Å². The van der Waals surface area contributed by atoms with E-state index in [9.17, 15) is 5.11 Å². The normalized spacial score (nSPS) is 39.8. The van der Waals surface area contributed by atoms with Crippen LogP contribution in [0.15, 0.2) is 18.2 Å². The minimum absolute atomic E-state index is 0.0711. The molecule has 8 unspecified atom stereocenters. The average molecular weight is 411 g/mol. The fourth-order valence-corrected chi connectivity index (χ4v) is 7.18. The SMILES string of the molecule is CCC1C(C)C2CC3c4[nH]c5ccc(OC6CCC(CO)O6)cc5c4CCN(C2)C31. The van der Waals surface area contributed by atoms with E-state index in [1.165, 1.54) is 48.1 Å². The molecule has 30 heavy (non-hydrogen) atoms. The number of rotatable bonds is 4. The molecule has 4 bridgehead atoms. The quantitative estimate of drug-likeness (QED) is 0.798. The van der Waals surface area contributed by atoms with Gasteiger partial charge in [-0.15, -0.1) is 0 Å². The van der Waals surface area contributed by atoms with Crippen molar-refractivity contribution in [3.05, 3.63) is 29.5 Å². The van der Waals surface area contributed by atoms with Crippen molar-refractivity contribution in [1.82, 2.24) is 9.88 Å². The Morgan fingerprint density at radius 1 is 1.30 bits per heavy atom. The molecule has 5 heteroatoms. The summed E-state index contributed by atoms with van der Waals surface area (Å²) in [5.41, 5.74) is 4.25. The van der Waals surface area contributed by atoms with Crippen LogP contribution in [0, 0.1) is 17.8 Å². The number of hydrogen-bond donors (Lipinski definition) is 2. The Balaban J connectivity index is 1.33. The third-order valence-corrected chi connectivity index (χ3v) is 8.66. The number of piperidine rings is 2. The molecule has 4 aliphatic heterocycles. The molecule has 5 nitrogen and oxygen atoms in total. The Hall–Kier alpha value is -1.56. The maximum absolute atomic E-state index is 9.31. The molecule has 2 aromatic rings. The highest BCUT2D eigenvalue weighted by Gasteiger charge is 2.51. The smallest absolute Gasteiger partial charge is 0.200 e. The van der Waals surface area contributed by atoms with Crippen LogP contribution in [0.2, 0.25) is 0 Å². The summed E-state index contributed by atoms with van der Waals surface area (Å²) < 4.78 is 11.9. The number of hydrogen-bond acceptors (Lipinski definition) is 4.